The van der Waals surface area contributed by atoms with Crippen LogP contribution in [-0.2, 0) is 11.2 Å². The molecule has 2 aromatic rings. The van der Waals surface area contributed by atoms with Crippen molar-refractivity contribution in [2.24, 2.45) is 11.1 Å². The van der Waals surface area contributed by atoms with Crippen molar-refractivity contribution >= 4 is 17.5 Å². The lowest BCUT2D eigenvalue weighted by Crippen LogP contribution is -2.54. The third-order valence-electron chi connectivity index (χ3n) is 5.83. The van der Waals surface area contributed by atoms with Gasteiger partial charge in [-0.2, -0.15) is 5.10 Å². The van der Waals surface area contributed by atoms with Gasteiger partial charge in [-0.3, -0.25) is 4.79 Å². The number of nitrogens with zero attached hydrogens (tertiary/aromatic N) is 3. The van der Waals surface area contributed by atoms with Crippen LogP contribution >= 0.6 is 11.6 Å². The maximum atomic E-state index is 12.9. The van der Waals surface area contributed by atoms with E-state index in [1.807, 2.05) is 48.6 Å². The number of nitrogens with two attached hydrogens (primary N) is 1. The van der Waals surface area contributed by atoms with Crippen LogP contribution < -0.4 is 5.73 Å². The number of halogens is 1. The van der Waals surface area contributed by atoms with Crippen molar-refractivity contribution in [1.29, 1.82) is 0 Å². The predicted molar refractivity (Wildman–Crippen MR) is 109 cm³/mol. The quantitative estimate of drug-likeness (QED) is 0.873. The van der Waals surface area contributed by atoms with Gasteiger partial charge in [0.1, 0.15) is 0 Å². The first-order chi connectivity index (χ1) is 12.6. The molecule has 1 aliphatic rings. The van der Waals surface area contributed by atoms with E-state index in [0.29, 0.717) is 18.0 Å². The molecule has 1 amide bonds. The first kappa shape index (κ1) is 19.9. The van der Waals surface area contributed by atoms with E-state index in [-0.39, 0.29) is 17.4 Å². The number of rotatable bonds is 3. The normalized spacial score (nSPS) is 19.4. The molecule has 0 saturated carbocycles. The standard InChI is InChI=1S/C21H29ClN4O/c1-13-6-7-16(10-18(13)22)26-15(3)17(14(2)24-26)11-20(27)25-9-8-19(23)21(4,5)12-25/h6-7,10,19H,8-9,11-12,23H2,1-5H3. The Morgan fingerprint density at radius 1 is 1.33 bits per heavy atom. The molecular formula is C21H29ClN4O. The Kier molecular flexibility index (Phi) is 5.37. The molecule has 1 aliphatic heterocycles. The molecule has 27 heavy (non-hydrogen) atoms. The summed E-state index contributed by atoms with van der Waals surface area (Å²) in [4.78, 5) is 14.9. The zero-order chi connectivity index (χ0) is 19.9. The van der Waals surface area contributed by atoms with Gasteiger partial charge >= 0.3 is 0 Å². The van der Waals surface area contributed by atoms with Crippen LogP contribution in [0.25, 0.3) is 5.69 Å². The minimum atomic E-state index is -0.0547. The van der Waals surface area contributed by atoms with Crippen LogP contribution in [0.2, 0.25) is 5.02 Å². The minimum absolute atomic E-state index is 0.0547. The second-order valence-electron chi connectivity index (χ2n) is 8.37. The number of aromatic nitrogens is 2. The molecule has 0 aliphatic carbocycles. The molecule has 1 aromatic heterocycles. The van der Waals surface area contributed by atoms with Gasteiger partial charge < -0.3 is 10.6 Å². The lowest BCUT2D eigenvalue weighted by atomic mass is 9.79. The molecule has 1 atom stereocenters. The summed E-state index contributed by atoms with van der Waals surface area (Å²) in [6.07, 6.45) is 1.21. The number of hydrogen-bond donors (Lipinski definition) is 1. The smallest absolute Gasteiger partial charge is 0.227 e. The van der Waals surface area contributed by atoms with Crippen LogP contribution in [0.5, 0.6) is 0 Å². The van der Waals surface area contributed by atoms with Crippen LogP contribution in [0.4, 0.5) is 0 Å². The van der Waals surface area contributed by atoms with Gasteiger partial charge in [-0.15, -0.1) is 0 Å². The number of carbonyl (C=O) groups excluding carboxylic acids is 1. The Labute approximate surface area is 166 Å². The van der Waals surface area contributed by atoms with Crippen molar-refractivity contribution < 1.29 is 4.79 Å². The van der Waals surface area contributed by atoms with Crippen molar-refractivity contribution in [2.45, 2.75) is 53.5 Å². The van der Waals surface area contributed by atoms with Crippen molar-refractivity contribution in [3.8, 4) is 5.69 Å². The maximum absolute atomic E-state index is 12.9. The molecule has 0 radical (unpaired) electrons. The predicted octanol–water partition coefficient (Wildman–Crippen LogP) is 3.58. The Morgan fingerprint density at radius 2 is 2.04 bits per heavy atom. The van der Waals surface area contributed by atoms with Crippen LogP contribution in [0.1, 0.15) is 42.8 Å². The van der Waals surface area contributed by atoms with Crippen LogP contribution in [0.3, 0.4) is 0 Å². The zero-order valence-electron chi connectivity index (χ0n) is 16.8. The molecule has 1 saturated heterocycles. The highest BCUT2D eigenvalue weighted by Gasteiger charge is 2.35. The van der Waals surface area contributed by atoms with E-state index in [1.165, 1.54) is 0 Å². The molecule has 2 heterocycles. The summed E-state index contributed by atoms with van der Waals surface area (Å²) in [6.45, 7) is 11.6. The Hall–Kier alpha value is -1.85. The van der Waals surface area contributed by atoms with Crippen molar-refractivity contribution in [3.05, 3.63) is 45.7 Å². The Morgan fingerprint density at radius 3 is 2.67 bits per heavy atom. The molecule has 2 N–H and O–H groups in total. The average molecular weight is 389 g/mol. The minimum Gasteiger partial charge on any atom is -0.342 e. The molecule has 5 nitrogen and oxygen atoms in total. The van der Waals surface area contributed by atoms with E-state index >= 15 is 0 Å². The summed E-state index contributed by atoms with van der Waals surface area (Å²) in [5, 5.41) is 5.37. The fourth-order valence-corrected chi connectivity index (χ4v) is 3.92. The van der Waals surface area contributed by atoms with Gasteiger partial charge in [0.2, 0.25) is 5.91 Å². The molecule has 1 unspecified atom stereocenters. The highest BCUT2D eigenvalue weighted by molar-refractivity contribution is 6.31. The molecule has 0 bridgehead atoms. The lowest BCUT2D eigenvalue weighted by Gasteiger charge is -2.42. The summed E-state index contributed by atoms with van der Waals surface area (Å²) in [5.41, 5.74) is 10.9. The van der Waals surface area contributed by atoms with Crippen LogP contribution in [-0.4, -0.2) is 39.7 Å². The van der Waals surface area contributed by atoms with Gasteiger partial charge in [0.15, 0.2) is 0 Å². The highest BCUT2D eigenvalue weighted by atomic mass is 35.5. The average Bonchev–Trinajstić information content (AvgIpc) is 2.87. The number of carbonyl (C=O) groups is 1. The summed E-state index contributed by atoms with van der Waals surface area (Å²) >= 11 is 6.27. The number of benzene rings is 1. The third-order valence-corrected chi connectivity index (χ3v) is 6.24. The third kappa shape index (κ3) is 3.90. The second-order valence-corrected chi connectivity index (χ2v) is 8.78. The van der Waals surface area contributed by atoms with Gasteiger partial charge in [0.25, 0.3) is 0 Å². The number of amides is 1. The largest absolute Gasteiger partial charge is 0.342 e. The Bertz CT molecular complexity index is 871. The highest BCUT2D eigenvalue weighted by Crippen LogP contribution is 2.29. The second kappa shape index (κ2) is 7.28. The zero-order valence-corrected chi connectivity index (χ0v) is 17.6. The van der Waals surface area contributed by atoms with Crippen LogP contribution in [0.15, 0.2) is 18.2 Å². The van der Waals surface area contributed by atoms with E-state index in [9.17, 15) is 4.79 Å². The van der Waals surface area contributed by atoms with Crippen molar-refractivity contribution in [2.75, 3.05) is 13.1 Å². The number of aryl methyl sites for hydroxylation is 2. The number of likely N-dealkylation sites (tertiary alicyclic amines) is 1. The fraction of sp³-hybridized carbons (Fsp3) is 0.524. The maximum Gasteiger partial charge on any atom is 0.227 e. The Balaban J connectivity index is 1.83. The van der Waals surface area contributed by atoms with Gasteiger partial charge in [0.05, 0.1) is 17.8 Å². The molecule has 3 rings (SSSR count). The topological polar surface area (TPSA) is 64.2 Å². The van der Waals surface area contributed by atoms with Crippen molar-refractivity contribution in [3.63, 3.8) is 0 Å². The molecule has 0 spiro atoms. The SMILES string of the molecule is Cc1ccc(-n2nc(C)c(CC(=O)N3CCC(N)C(C)(C)C3)c2C)cc1Cl. The molecular weight excluding hydrogens is 360 g/mol. The molecule has 6 heteroatoms. The molecule has 146 valence electrons. The lowest BCUT2D eigenvalue weighted by molar-refractivity contribution is -0.133. The summed E-state index contributed by atoms with van der Waals surface area (Å²) < 4.78 is 1.87. The van der Waals surface area contributed by atoms with Gasteiger partial charge in [0, 0.05) is 35.4 Å². The fourth-order valence-electron chi connectivity index (χ4n) is 3.75. The van der Waals surface area contributed by atoms with E-state index in [0.717, 1.165) is 41.2 Å². The van der Waals surface area contributed by atoms with Gasteiger partial charge in [-0.25, -0.2) is 4.68 Å². The van der Waals surface area contributed by atoms with E-state index in [4.69, 9.17) is 17.3 Å². The van der Waals surface area contributed by atoms with Crippen LogP contribution in [0, 0.1) is 26.2 Å². The number of hydrogen-bond acceptors (Lipinski definition) is 3. The van der Waals surface area contributed by atoms with Gasteiger partial charge in [-0.05, 0) is 50.3 Å². The molecule has 1 fully saturated rings. The van der Waals surface area contributed by atoms with Gasteiger partial charge in [-0.1, -0.05) is 31.5 Å². The summed E-state index contributed by atoms with van der Waals surface area (Å²) in [6, 6.07) is 6.04. The summed E-state index contributed by atoms with van der Waals surface area (Å²) in [7, 11) is 0. The molecule has 1 aromatic carbocycles. The van der Waals surface area contributed by atoms with E-state index in [2.05, 4.69) is 18.9 Å². The first-order valence-electron chi connectivity index (χ1n) is 9.45. The summed E-state index contributed by atoms with van der Waals surface area (Å²) in [5.74, 6) is 0.141. The van der Waals surface area contributed by atoms with E-state index in [1.54, 1.807) is 0 Å². The van der Waals surface area contributed by atoms with E-state index < -0.39 is 0 Å². The number of piperidine rings is 1. The monoisotopic (exact) mass is 388 g/mol. The first-order valence-corrected chi connectivity index (χ1v) is 9.83. The van der Waals surface area contributed by atoms with Crippen molar-refractivity contribution in [1.82, 2.24) is 14.7 Å².